The van der Waals surface area contributed by atoms with Crippen molar-refractivity contribution in [3.63, 3.8) is 0 Å². The van der Waals surface area contributed by atoms with Crippen molar-refractivity contribution in [2.45, 2.75) is 52.5 Å². The zero-order valence-corrected chi connectivity index (χ0v) is 26.5. The number of oxime groups is 1. The van der Waals surface area contributed by atoms with E-state index in [1.807, 2.05) is 26.0 Å². The first-order valence-electron chi connectivity index (χ1n) is 13.3. The molecule has 0 fully saturated rings. The van der Waals surface area contributed by atoms with Gasteiger partial charge in [-0.05, 0) is 25.0 Å². The third-order valence-corrected chi connectivity index (χ3v) is 11.5. The van der Waals surface area contributed by atoms with E-state index in [1.165, 1.54) is 35.5 Å². The number of halogens is 3. The average Bonchev–Trinajstić information content (AvgIpc) is 3.42. The SMILES string of the molecule is C=C(O/N=C/c1ccc(-c2ccc(C3CCC(c4c(F)cccc4F)=N3)c(P)c2)cc1)I(C)CCCC.CC. The van der Waals surface area contributed by atoms with E-state index < -0.39 is 31.5 Å². The molecule has 0 saturated carbocycles. The summed E-state index contributed by atoms with van der Waals surface area (Å²) in [6, 6.07) is 18.2. The van der Waals surface area contributed by atoms with Crippen molar-refractivity contribution in [1.82, 2.24) is 0 Å². The number of unbranched alkanes of at least 4 members (excludes halogenated alkanes) is 1. The molecule has 0 N–H and O–H groups in total. The minimum Gasteiger partial charge on any atom is -0.0683 e. The van der Waals surface area contributed by atoms with Crippen LogP contribution in [0.15, 0.2) is 81.2 Å². The molecule has 1 aliphatic heterocycles. The molecule has 0 radical (unpaired) electrons. The van der Waals surface area contributed by atoms with E-state index in [0.717, 1.165) is 37.7 Å². The second kappa shape index (κ2) is 15.4. The Balaban J connectivity index is 0.00000205. The molecule has 0 aliphatic carbocycles. The molecule has 0 aromatic heterocycles. The van der Waals surface area contributed by atoms with Gasteiger partial charge in [-0.3, -0.25) is 4.99 Å². The maximum absolute atomic E-state index is 14.2. The Morgan fingerprint density at radius 3 is 2.41 bits per heavy atom. The first-order valence-corrected chi connectivity index (χ1v) is 18.7. The van der Waals surface area contributed by atoms with Crippen molar-refractivity contribution < 1.29 is 13.6 Å². The van der Waals surface area contributed by atoms with Crippen LogP contribution in [0.3, 0.4) is 0 Å². The fourth-order valence-corrected chi connectivity index (χ4v) is 7.67. The molecule has 3 aromatic rings. The number of aliphatic imine (C=N–C) groups is 1. The summed E-state index contributed by atoms with van der Waals surface area (Å²) in [7, 11) is 2.79. The smallest absolute Gasteiger partial charge is 0.0683 e. The fourth-order valence-electron chi connectivity index (χ4n) is 4.24. The molecule has 0 amide bonds. The standard InChI is InChI=1S/C30H32F2IN2OP.C2H6/c1-4-5-17-33(3)20(2)36-34-19-21-9-11-22(12-10-21)23-13-14-24(29(37)18-23)27-15-16-28(35-27)30-25(31)7-6-8-26(30)32;1-2/h6-14,18-19,27H,2,4-5,15-17,37H2,1,3H3;1-2H3/b34-19+;. The quantitative estimate of drug-likeness (QED) is 0.0533. The van der Waals surface area contributed by atoms with E-state index in [-0.39, 0.29) is 11.6 Å². The van der Waals surface area contributed by atoms with Gasteiger partial charge in [0.15, 0.2) is 0 Å². The van der Waals surface area contributed by atoms with E-state index in [0.29, 0.717) is 12.1 Å². The summed E-state index contributed by atoms with van der Waals surface area (Å²) in [5, 5.41) is 5.16. The van der Waals surface area contributed by atoms with Crippen LogP contribution in [0.25, 0.3) is 11.1 Å². The zero-order valence-electron chi connectivity index (χ0n) is 23.2. The van der Waals surface area contributed by atoms with Gasteiger partial charge in [-0.2, -0.15) is 0 Å². The average molecular weight is 663 g/mol. The number of alkyl halides is 2. The van der Waals surface area contributed by atoms with Gasteiger partial charge >= 0.3 is 155 Å². The normalized spacial score (nSPS) is 15.0. The van der Waals surface area contributed by atoms with Gasteiger partial charge in [0.05, 0.1) is 11.6 Å². The molecule has 0 saturated heterocycles. The largest absolute Gasteiger partial charge is 0.0683 e. The molecule has 0 spiro atoms. The summed E-state index contributed by atoms with van der Waals surface area (Å²) in [5.74, 6) is -1.12. The number of rotatable bonds is 10. The van der Waals surface area contributed by atoms with Gasteiger partial charge in [-0.1, -0.05) is 19.9 Å². The van der Waals surface area contributed by atoms with Gasteiger partial charge in [0.1, 0.15) is 11.6 Å². The molecule has 3 nitrogen and oxygen atoms in total. The van der Waals surface area contributed by atoms with Crippen LogP contribution in [0.2, 0.25) is 0 Å². The Kier molecular flexibility index (Phi) is 12.3. The van der Waals surface area contributed by atoms with E-state index >= 15 is 0 Å². The maximum atomic E-state index is 14.2. The van der Waals surface area contributed by atoms with Gasteiger partial charge in [0.25, 0.3) is 0 Å². The van der Waals surface area contributed by atoms with Crippen LogP contribution in [0.4, 0.5) is 8.78 Å². The van der Waals surface area contributed by atoms with Gasteiger partial charge in [0, 0.05) is 5.71 Å². The van der Waals surface area contributed by atoms with Gasteiger partial charge < -0.3 is 0 Å². The fraction of sp³-hybridized carbons (Fsp3) is 0.312. The van der Waals surface area contributed by atoms with Crippen LogP contribution in [-0.2, 0) is 4.84 Å². The zero-order chi connectivity index (χ0) is 28.4. The summed E-state index contributed by atoms with van der Waals surface area (Å²) < 4.78 is 30.5. The predicted molar refractivity (Wildman–Crippen MR) is 175 cm³/mol. The molecule has 4 rings (SSSR count). The second-order valence-corrected chi connectivity index (χ2v) is 15.3. The summed E-state index contributed by atoms with van der Waals surface area (Å²) in [6.45, 7) is 10.3. The van der Waals surface area contributed by atoms with E-state index in [2.05, 4.69) is 68.2 Å². The van der Waals surface area contributed by atoms with E-state index in [9.17, 15) is 8.78 Å². The molecular weight excluding hydrogens is 624 g/mol. The summed E-state index contributed by atoms with van der Waals surface area (Å²) in [4.78, 5) is 12.5. The molecule has 2 atom stereocenters. The molecule has 0 bridgehead atoms. The summed E-state index contributed by atoms with van der Waals surface area (Å²) in [5.41, 5.74) is 4.68. The topological polar surface area (TPSA) is 34.0 Å². The number of nitrogens with zero attached hydrogens (tertiary/aromatic N) is 2. The van der Waals surface area contributed by atoms with Gasteiger partial charge in [-0.15, -0.1) is 0 Å². The summed E-state index contributed by atoms with van der Waals surface area (Å²) in [6.07, 6.45) is 5.41. The molecule has 208 valence electrons. The number of hydrogen-bond donors (Lipinski definition) is 0. The van der Waals surface area contributed by atoms with Crippen LogP contribution in [0.5, 0.6) is 0 Å². The Bertz CT molecular complexity index is 1300. The number of benzene rings is 3. The molecule has 39 heavy (non-hydrogen) atoms. The number of hydrogen-bond acceptors (Lipinski definition) is 3. The Morgan fingerprint density at radius 1 is 1.10 bits per heavy atom. The maximum Gasteiger partial charge on any atom is -0.0683 e. The van der Waals surface area contributed by atoms with Crippen molar-refractivity contribution in [2.75, 3.05) is 9.36 Å². The van der Waals surface area contributed by atoms with Crippen LogP contribution in [-0.4, -0.2) is 21.3 Å². The van der Waals surface area contributed by atoms with Crippen LogP contribution in [0, 0.1) is 11.6 Å². The molecule has 2 unspecified atom stereocenters. The van der Waals surface area contributed by atoms with Gasteiger partial charge in [-0.25, -0.2) is 8.78 Å². The minimum absolute atomic E-state index is 0.00128. The van der Waals surface area contributed by atoms with Crippen molar-refractivity contribution in [2.24, 2.45) is 10.1 Å². The van der Waals surface area contributed by atoms with Crippen molar-refractivity contribution in [3.8, 4) is 11.1 Å². The van der Waals surface area contributed by atoms with Crippen molar-refractivity contribution in [3.05, 3.63) is 99.3 Å². The van der Waals surface area contributed by atoms with E-state index in [4.69, 9.17) is 4.84 Å². The molecular formula is C32H38F2IN2OP. The van der Waals surface area contributed by atoms with Gasteiger partial charge in [0.2, 0.25) is 0 Å². The summed E-state index contributed by atoms with van der Waals surface area (Å²) >= 11 is -1.28. The third-order valence-electron chi connectivity index (χ3n) is 6.39. The molecule has 3 aromatic carbocycles. The Hall–Kier alpha value is -2.44. The third kappa shape index (κ3) is 8.28. The predicted octanol–water partition coefficient (Wildman–Crippen LogP) is 9.24. The van der Waals surface area contributed by atoms with Crippen LogP contribution in [0.1, 0.15) is 69.2 Å². The molecule has 1 aliphatic rings. The second-order valence-electron chi connectivity index (χ2n) is 9.01. The Morgan fingerprint density at radius 2 is 1.77 bits per heavy atom. The van der Waals surface area contributed by atoms with Crippen molar-refractivity contribution in [1.29, 1.82) is 0 Å². The Labute approximate surface area is 241 Å². The van der Waals surface area contributed by atoms with Crippen LogP contribution < -0.4 is 5.30 Å². The monoisotopic (exact) mass is 662 g/mol. The molecule has 1 heterocycles. The van der Waals surface area contributed by atoms with E-state index in [1.54, 1.807) is 6.21 Å². The minimum atomic E-state index is -1.28. The molecule has 7 heteroatoms. The first kappa shape index (κ1) is 31.1. The van der Waals surface area contributed by atoms with Crippen LogP contribution >= 0.6 is 29.1 Å². The first-order chi connectivity index (χ1) is 18.9. The van der Waals surface area contributed by atoms with Crippen molar-refractivity contribution >= 4 is 46.3 Å².